The number of H-pyrrole nitrogens is 1. The van der Waals surface area contributed by atoms with Gasteiger partial charge in [0.1, 0.15) is 0 Å². The summed E-state index contributed by atoms with van der Waals surface area (Å²) in [6.07, 6.45) is 0. The van der Waals surface area contributed by atoms with Crippen LogP contribution in [0.4, 0.5) is 0 Å². The second kappa shape index (κ2) is 4.15. The summed E-state index contributed by atoms with van der Waals surface area (Å²) in [7, 11) is 0. The summed E-state index contributed by atoms with van der Waals surface area (Å²) in [4.78, 5) is 4.56. The van der Waals surface area contributed by atoms with Gasteiger partial charge in [-0.1, -0.05) is 17.7 Å². The maximum absolute atomic E-state index is 5.20. The van der Waals surface area contributed by atoms with Crippen molar-refractivity contribution in [3.8, 4) is 11.3 Å². The number of aromatic amines is 1. The molecule has 1 N–H and O–H groups in total. The first-order chi connectivity index (χ1) is 7.49. The van der Waals surface area contributed by atoms with Gasteiger partial charge in [0, 0.05) is 10.4 Å². The molecule has 0 aliphatic rings. The molecule has 0 saturated carbocycles. The van der Waals surface area contributed by atoms with Gasteiger partial charge in [-0.25, -0.2) is 0 Å². The SMILES string of the molecule is Cc1cc(C)c(-c2[nH]c(=S)sc2C)c(C)c1. The first-order valence-corrected chi connectivity index (χ1v) is 6.49. The second-order valence-electron chi connectivity index (χ2n) is 4.22. The summed E-state index contributed by atoms with van der Waals surface area (Å²) >= 11 is 6.84. The molecule has 16 heavy (non-hydrogen) atoms. The minimum Gasteiger partial charge on any atom is -0.337 e. The molecule has 0 spiro atoms. The molecule has 2 aromatic rings. The molecule has 84 valence electrons. The molecule has 2 rings (SSSR count). The highest BCUT2D eigenvalue weighted by atomic mass is 32.1. The van der Waals surface area contributed by atoms with E-state index in [9.17, 15) is 0 Å². The minimum absolute atomic E-state index is 0.854. The Morgan fingerprint density at radius 2 is 1.62 bits per heavy atom. The summed E-state index contributed by atoms with van der Waals surface area (Å²) in [5.74, 6) is 0. The predicted molar refractivity (Wildman–Crippen MR) is 73.9 cm³/mol. The van der Waals surface area contributed by atoms with Crippen molar-refractivity contribution >= 4 is 23.6 Å². The standard InChI is InChI=1S/C13H15NS2/c1-7-5-8(2)11(9(3)6-7)12-10(4)16-13(15)14-12/h5-6H,1-4H3,(H,14,15). The fourth-order valence-corrected chi connectivity index (χ4v) is 3.38. The van der Waals surface area contributed by atoms with Gasteiger partial charge >= 0.3 is 0 Å². The molecule has 1 aromatic carbocycles. The van der Waals surface area contributed by atoms with E-state index in [1.54, 1.807) is 11.3 Å². The van der Waals surface area contributed by atoms with Crippen LogP contribution in [0, 0.1) is 31.6 Å². The van der Waals surface area contributed by atoms with Crippen molar-refractivity contribution in [2.45, 2.75) is 27.7 Å². The Kier molecular flexibility index (Phi) is 3.00. The Bertz CT molecular complexity index is 567. The third-order valence-corrected chi connectivity index (χ3v) is 3.90. The molecule has 0 aliphatic heterocycles. The number of aromatic nitrogens is 1. The lowest BCUT2D eigenvalue weighted by Crippen LogP contribution is -1.91. The average Bonchev–Trinajstić information content (AvgIpc) is 2.43. The number of nitrogens with one attached hydrogen (secondary N) is 1. The Morgan fingerprint density at radius 3 is 2.06 bits per heavy atom. The predicted octanol–water partition coefficient (Wildman–Crippen LogP) is 4.71. The quantitative estimate of drug-likeness (QED) is 0.724. The summed E-state index contributed by atoms with van der Waals surface area (Å²) in [6, 6.07) is 4.44. The zero-order valence-electron chi connectivity index (χ0n) is 9.97. The van der Waals surface area contributed by atoms with Crippen molar-refractivity contribution < 1.29 is 0 Å². The Hall–Kier alpha value is -0.930. The van der Waals surface area contributed by atoms with Gasteiger partial charge in [0.05, 0.1) is 5.69 Å². The van der Waals surface area contributed by atoms with Gasteiger partial charge in [-0.05, 0) is 51.0 Å². The molecule has 0 unspecified atom stereocenters. The molecule has 1 aromatic heterocycles. The van der Waals surface area contributed by atoms with Crippen LogP contribution < -0.4 is 0 Å². The van der Waals surface area contributed by atoms with Crippen LogP contribution in [0.15, 0.2) is 12.1 Å². The number of thiazole rings is 1. The molecule has 0 atom stereocenters. The minimum atomic E-state index is 0.854. The van der Waals surface area contributed by atoms with Crippen molar-refractivity contribution in [2.24, 2.45) is 0 Å². The molecule has 3 heteroatoms. The van der Waals surface area contributed by atoms with Crippen LogP contribution in [-0.2, 0) is 0 Å². The van der Waals surface area contributed by atoms with E-state index in [-0.39, 0.29) is 0 Å². The van der Waals surface area contributed by atoms with Gasteiger partial charge in [-0.2, -0.15) is 0 Å². The molecule has 1 nitrogen and oxygen atoms in total. The van der Waals surface area contributed by atoms with Gasteiger partial charge in [0.15, 0.2) is 3.95 Å². The van der Waals surface area contributed by atoms with Crippen LogP contribution in [-0.4, -0.2) is 4.98 Å². The smallest absolute Gasteiger partial charge is 0.159 e. The first-order valence-electron chi connectivity index (χ1n) is 5.27. The number of benzene rings is 1. The summed E-state index contributed by atoms with van der Waals surface area (Å²) in [5, 5.41) is 0. The van der Waals surface area contributed by atoms with Crippen molar-refractivity contribution in [3.63, 3.8) is 0 Å². The Morgan fingerprint density at radius 1 is 1.06 bits per heavy atom. The van der Waals surface area contributed by atoms with Crippen molar-refractivity contribution in [1.82, 2.24) is 4.98 Å². The third kappa shape index (κ3) is 1.97. The number of rotatable bonds is 1. The van der Waals surface area contributed by atoms with E-state index in [2.05, 4.69) is 44.8 Å². The lowest BCUT2D eigenvalue weighted by molar-refractivity contribution is 1.27. The molecule has 1 heterocycles. The van der Waals surface area contributed by atoms with E-state index in [4.69, 9.17) is 12.2 Å². The maximum atomic E-state index is 5.20. The van der Waals surface area contributed by atoms with Crippen LogP contribution in [0.25, 0.3) is 11.3 Å². The van der Waals surface area contributed by atoms with E-state index in [0.29, 0.717) is 0 Å². The zero-order chi connectivity index (χ0) is 11.9. The highest BCUT2D eigenvalue weighted by Gasteiger charge is 2.11. The van der Waals surface area contributed by atoms with E-state index in [1.165, 1.54) is 32.8 Å². The van der Waals surface area contributed by atoms with Gasteiger partial charge in [0.25, 0.3) is 0 Å². The fraction of sp³-hybridized carbons (Fsp3) is 0.308. The van der Waals surface area contributed by atoms with Crippen LogP contribution >= 0.6 is 23.6 Å². The van der Waals surface area contributed by atoms with Crippen LogP contribution in [0.1, 0.15) is 21.6 Å². The summed E-state index contributed by atoms with van der Waals surface area (Å²) in [6.45, 7) is 8.56. The highest BCUT2D eigenvalue weighted by molar-refractivity contribution is 7.73. The van der Waals surface area contributed by atoms with Crippen molar-refractivity contribution in [1.29, 1.82) is 0 Å². The molecular weight excluding hydrogens is 234 g/mol. The lowest BCUT2D eigenvalue weighted by atomic mass is 9.97. The number of hydrogen-bond donors (Lipinski definition) is 1. The topological polar surface area (TPSA) is 15.8 Å². The van der Waals surface area contributed by atoms with Gasteiger partial charge in [-0.15, -0.1) is 11.3 Å². The van der Waals surface area contributed by atoms with Gasteiger partial charge in [-0.3, -0.25) is 0 Å². The summed E-state index contributed by atoms with van der Waals surface area (Å²) in [5.41, 5.74) is 6.42. The zero-order valence-corrected chi connectivity index (χ0v) is 11.6. The fourth-order valence-electron chi connectivity index (χ4n) is 2.22. The van der Waals surface area contributed by atoms with Crippen LogP contribution in [0.2, 0.25) is 0 Å². The van der Waals surface area contributed by atoms with E-state index < -0.39 is 0 Å². The average molecular weight is 249 g/mol. The van der Waals surface area contributed by atoms with Gasteiger partial charge in [0.2, 0.25) is 0 Å². The molecular formula is C13H15NS2. The number of hydrogen-bond acceptors (Lipinski definition) is 2. The third-order valence-electron chi connectivity index (χ3n) is 2.75. The Labute approximate surface area is 105 Å². The lowest BCUT2D eigenvalue weighted by Gasteiger charge is -2.10. The van der Waals surface area contributed by atoms with Crippen molar-refractivity contribution in [3.05, 3.63) is 37.7 Å². The van der Waals surface area contributed by atoms with Gasteiger partial charge < -0.3 is 4.98 Å². The molecule has 0 aliphatic carbocycles. The highest BCUT2D eigenvalue weighted by Crippen LogP contribution is 2.31. The summed E-state index contributed by atoms with van der Waals surface area (Å²) < 4.78 is 0.854. The number of aryl methyl sites for hydroxylation is 4. The first kappa shape index (κ1) is 11.6. The van der Waals surface area contributed by atoms with E-state index >= 15 is 0 Å². The van der Waals surface area contributed by atoms with Crippen LogP contribution in [0.3, 0.4) is 0 Å². The van der Waals surface area contributed by atoms with E-state index in [0.717, 1.165) is 3.95 Å². The van der Waals surface area contributed by atoms with Crippen molar-refractivity contribution in [2.75, 3.05) is 0 Å². The molecule has 0 fully saturated rings. The molecule has 0 saturated heterocycles. The molecule has 0 bridgehead atoms. The Balaban J connectivity index is 2.74. The maximum Gasteiger partial charge on any atom is 0.159 e. The largest absolute Gasteiger partial charge is 0.337 e. The molecule has 0 amide bonds. The second-order valence-corrected chi connectivity index (χ2v) is 6.11. The van der Waals surface area contributed by atoms with E-state index in [1.807, 2.05) is 0 Å². The normalized spacial score (nSPS) is 10.8. The van der Waals surface area contributed by atoms with Crippen LogP contribution in [0.5, 0.6) is 0 Å². The molecule has 0 radical (unpaired) electrons. The monoisotopic (exact) mass is 249 g/mol.